The van der Waals surface area contributed by atoms with Crippen molar-refractivity contribution in [1.29, 1.82) is 0 Å². The van der Waals surface area contributed by atoms with Gasteiger partial charge in [0.25, 0.3) is 0 Å². The van der Waals surface area contributed by atoms with E-state index in [9.17, 15) is 5.11 Å². The fourth-order valence-corrected chi connectivity index (χ4v) is 2.64. The van der Waals surface area contributed by atoms with Crippen LogP contribution in [-0.4, -0.2) is 33.8 Å². The average Bonchev–Trinajstić information content (AvgIpc) is 2.52. The molecule has 2 rings (SSSR count). The molecule has 118 valence electrons. The topological polar surface area (TPSA) is 75.3 Å². The molecule has 0 bridgehead atoms. The Balaban J connectivity index is 2.36. The van der Waals surface area contributed by atoms with Gasteiger partial charge in [-0.05, 0) is 33.1 Å². The minimum Gasteiger partial charge on any atom is -0.390 e. The lowest BCUT2D eigenvalue weighted by Gasteiger charge is -2.27. The van der Waals surface area contributed by atoms with E-state index in [4.69, 9.17) is 10.7 Å². The monoisotopic (exact) mass is 292 g/mol. The van der Waals surface area contributed by atoms with Gasteiger partial charge in [-0.2, -0.15) is 0 Å². The maximum Gasteiger partial charge on any atom is 0.138 e. The highest BCUT2D eigenvalue weighted by atomic mass is 16.3. The summed E-state index contributed by atoms with van der Waals surface area (Å²) in [5.74, 6) is 2.25. The van der Waals surface area contributed by atoms with Crippen LogP contribution in [0.3, 0.4) is 0 Å². The van der Waals surface area contributed by atoms with Gasteiger partial charge in [-0.1, -0.05) is 20.8 Å². The highest BCUT2D eigenvalue weighted by molar-refractivity contribution is 5.57. The number of hydrogen-bond donors (Lipinski definition) is 2. The summed E-state index contributed by atoms with van der Waals surface area (Å²) >= 11 is 0. The standard InChI is InChI=1S/C16H28N4O/c1-11-12(17)18-14(15(2,3)4)19-13(11)20-9-6-7-16(5,21)8-10-20/h21H,6-10H2,1-5H3,(H2,17,18,19). The van der Waals surface area contributed by atoms with Crippen molar-refractivity contribution < 1.29 is 5.11 Å². The molecule has 0 aliphatic carbocycles. The molecule has 1 atom stereocenters. The molecule has 2 heterocycles. The molecule has 1 unspecified atom stereocenters. The van der Waals surface area contributed by atoms with Gasteiger partial charge < -0.3 is 15.7 Å². The summed E-state index contributed by atoms with van der Waals surface area (Å²) in [4.78, 5) is 11.5. The molecule has 1 aliphatic rings. The Kier molecular flexibility index (Phi) is 4.15. The van der Waals surface area contributed by atoms with E-state index < -0.39 is 5.60 Å². The zero-order valence-electron chi connectivity index (χ0n) is 13.9. The SMILES string of the molecule is Cc1c(N)nc(C(C)(C)C)nc1N1CCCC(C)(O)CC1. The molecular formula is C16H28N4O. The molecule has 1 aromatic heterocycles. The number of nitrogens with zero attached hydrogens (tertiary/aromatic N) is 3. The summed E-state index contributed by atoms with van der Waals surface area (Å²) in [7, 11) is 0. The van der Waals surface area contributed by atoms with Crippen LogP contribution >= 0.6 is 0 Å². The highest BCUT2D eigenvalue weighted by Crippen LogP contribution is 2.30. The molecule has 1 aromatic rings. The first-order valence-corrected chi connectivity index (χ1v) is 7.72. The first kappa shape index (κ1) is 16.0. The molecular weight excluding hydrogens is 264 g/mol. The smallest absolute Gasteiger partial charge is 0.138 e. The molecule has 1 fully saturated rings. The molecule has 1 saturated heterocycles. The van der Waals surface area contributed by atoms with Crippen LogP contribution < -0.4 is 10.6 Å². The molecule has 0 spiro atoms. The summed E-state index contributed by atoms with van der Waals surface area (Å²) < 4.78 is 0. The van der Waals surface area contributed by atoms with Crippen molar-refractivity contribution in [3.8, 4) is 0 Å². The van der Waals surface area contributed by atoms with Crippen molar-refractivity contribution in [2.24, 2.45) is 0 Å². The number of aliphatic hydroxyl groups is 1. The van der Waals surface area contributed by atoms with Crippen molar-refractivity contribution in [2.45, 2.75) is 64.9 Å². The third kappa shape index (κ3) is 3.64. The van der Waals surface area contributed by atoms with Crippen LogP contribution in [0.1, 0.15) is 58.3 Å². The van der Waals surface area contributed by atoms with Crippen LogP contribution in [0.4, 0.5) is 11.6 Å². The van der Waals surface area contributed by atoms with Crippen LogP contribution in [0.2, 0.25) is 0 Å². The molecule has 21 heavy (non-hydrogen) atoms. The summed E-state index contributed by atoms with van der Waals surface area (Å²) in [5.41, 5.74) is 6.32. The first-order chi connectivity index (χ1) is 9.60. The van der Waals surface area contributed by atoms with Crippen LogP contribution in [0.5, 0.6) is 0 Å². The molecule has 0 radical (unpaired) electrons. The maximum absolute atomic E-state index is 10.2. The largest absolute Gasteiger partial charge is 0.390 e. The van der Waals surface area contributed by atoms with Gasteiger partial charge in [0.2, 0.25) is 0 Å². The Bertz CT molecular complexity index is 520. The maximum atomic E-state index is 10.2. The lowest BCUT2D eigenvalue weighted by Crippen LogP contribution is -2.30. The van der Waals surface area contributed by atoms with Gasteiger partial charge >= 0.3 is 0 Å². The van der Waals surface area contributed by atoms with Gasteiger partial charge in [-0.3, -0.25) is 0 Å². The van der Waals surface area contributed by atoms with Gasteiger partial charge in [0, 0.05) is 24.1 Å². The Morgan fingerprint density at radius 1 is 1.19 bits per heavy atom. The van der Waals surface area contributed by atoms with Gasteiger partial charge in [-0.25, -0.2) is 9.97 Å². The summed E-state index contributed by atoms with van der Waals surface area (Å²) in [5, 5.41) is 10.2. The van der Waals surface area contributed by atoms with Gasteiger partial charge in [0.15, 0.2) is 0 Å². The van der Waals surface area contributed by atoms with E-state index in [1.807, 2.05) is 13.8 Å². The predicted molar refractivity (Wildman–Crippen MR) is 86.6 cm³/mol. The van der Waals surface area contributed by atoms with E-state index in [0.29, 0.717) is 5.82 Å². The van der Waals surface area contributed by atoms with E-state index in [2.05, 4.69) is 30.7 Å². The van der Waals surface area contributed by atoms with E-state index in [1.165, 1.54) is 0 Å². The Hall–Kier alpha value is -1.36. The molecule has 5 heteroatoms. The fraction of sp³-hybridized carbons (Fsp3) is 0.750. The second-order valence-electron chi connectivity index (χ2n) is 7.47. The molecule has 0 aromatic carbocycles. The number of rotatable bonds is 1. The van der Waals surface area contributed by atoms with E-state index in [0.717, 1.165) is 49.6 Å². The average molecular weight is 292 g/mol. The molecule has 1 aliphatic heterocycles. The summed E-state index contributed by atoms with van der Waals surface area (Å²) in [6.07, 6.45) is 2.54. The van der Waals surface area contributed by atoms with Gasteiger partial charge in [0.1, 0.15) is 17.5 Å². The minimum absolute atomic E-state index is 0.131. The molecule has 0 saturated carbocycles. The molecule has 3 N–H and O–H groups in total. The van der Waals surface area contributed by atoms with Crippen molar-refractivity contribution in [3.05, 3.63) is 11.4 Å². The second kappa shape index (κ2) is 5.44. The number of aromatic nitrogens is 2. The second-order valence-corrected chi connectivity index (χ2v) is 7.47. The van der Waals surface area contributed by atoms with Crippen molar-refractivity contribution in [1.82, 2.24) is 9.97 Å². The molecule has 0 amide bonds. The highest BCUT2D eigenvalue weighted by Gasteiger charge is 2.28. The van der Waals surface area contributed by atoms with Gasteiger partial charge in [-0.15, -0.1) is 0 Å². The van der Waals surface area contributed by atoms with Crippen LogP contribution in [0.15, 0.2) is 0 Å². The number of nitrogens with two attached hydrogens (primary N) is 1. The lowest BCUT2D eigenvalue weighted by atomic mass is 9.95. The Morgan fingerprint density at radius 2 is 1.86 bits per heavy atom. The predicted octanol–water partition coefficient (Wildman–Crippen LogP) is 2.41. The van der Waals surface area contributed by atoms with Crippen molar-refractivity contribution in [2.75, 3.05) is 23.7 Å². The fourth-order valence-electron chi connectivity index (χ4n) is 2.64. The van der Waals surface area contributed by atoms with Crippen LogP contribution in [0, 0.1) is 6.92 Å². The van der Waals surface area contributed by atoms with Crippen molar-refractivity contribution in [3.63, 3.8) is 0 Å². The molecule has 5 nitrogen and oxygen atoms in total. The van der Waals surface area contributed by atoms with E-state index >= 15 is 0 Å². The summed E-state index contributed by atoms with van der Waals surface area (Å²) in [6.45, 7) is 11.9. The number of anilines is 2. The van der Waals surface area contributed by atoms with Gasteiger partial charge in [0.05, 0.1) is 5.60 Å². The minimum atomic E-state index is -0.575. The normalized spacial score (nSPS) is 24.0. The zero-order chi connectivity index (χ0) is 15.8. The van der Waals surface area contributed by atoms with Crippen LogP contribution in [0.25, 0.3) is 0 Å². The Morgan fingerprint density at radius 3 is 2.48 bits per heavy atom. The van der Waals surface area contributed by atoms with Crippen LogP contribution in [-0.2, 0) is 5.41 Å². The first-order valence-electron chi connectivity index (χ1n) is 7.72. The quantitative estimate of drug-likeness (QED) is 0.831. The Labute approximate surface area is 127 Å². The van der Waals surface area contributed by atoms with E-state index in [1.54, 1.807) is 0 Å². The third-order valence-electron chi connectivity index (χ3n) is 4.19. The number of hydrogen-bond acceptors (Lipinski definition) is 5. The zero-order valence-corrected chi connectivity index (χ0v) is 13.9. The van der Waals surface area contributed by atoms with E-state index in [-0.39, 0.29) is 5.41 Å². The van der Waals surface area contributed by atoms with Crippen molar-refractivity contribution >= 4 is 11.6 Å². The third-order valence-corrected chi connectivity index (χ3v) is 4.19. The lowest BCUT2D eigenvalue weighted by molar-refractivity contribution is 0.0481. The summed E-state index contributed by atoms with van der Waals surface area (Å²) in [6, 6.07) is 0. The number of nitrogen functional groups attached to an aromatic ring is 1.